The average molecular weight is 354 g/mol. The molecule has 0 radical (unpaired) electrons. The Morgan fingerprint density at radius 2 is 1.83 bits per heavy atom. The summed E-state index contributed by atoms with van der Waals surface area (Å²) in [6.45, 7) is 2.03. The third-order valence-corrected chi connectivity index (χ3v) is 6.04. The topological polar surface area (TPSA) is 37.8 Å². The molecule has 0 fully saturated rings. The van der Waals surface area contributed by atoms with E-state index in [9.17, 15) is 0 Å². The van der Waals surface area contributed by atoms with Crippen LogP contribution in [0.15, 0.2) is 52.3 Å². The molecule has 4 rings (SSSR count). The minimum atomic E-state index is 0.875. The lowest BCUT2D eigenvalue weighted by Gasteiger charge is -2.07. The van der Waals surface area contributed by atoms with Gasteiger partial charge in [-0.2, -0.15) is 0 Å². The van der Waals surface area contributed by atoms with Gasteiger partial charge in [-0.3, -0.25) is 0 Å². The van der Waals surface area contributed by atoms with Gasteiger partial charge >= 0.3 is 0 Å². The first-order chi connectivity index (χ1) is 11.8. The van der Waals surface area contributed by atoms with Crippen molar-refractivity contribution in [3.05, 3.63) is 58.7 Å². The van der Waals surface area contributed by atoms with Gasteiger partial charge in [0.25, 0.3) is 0 Å². The number of hydrogen-bond donors (Lipinski definition) is 1. The third-order valence-electron chi connectivity index (χ3n) is 3.99. The molecule has 5 heteroatoms. The van der Waals surface area contributed by atoms with Crippen molar-refractivity contribution in [1.82, 2.24) is 9.97 Å². The SMILES string of the molecule is Cc1cc(Sc2ccccc2)cc(Nc2nc3c(s2)CCCC3)n1. The molecule has 0 saturated carbocycles. The van der Waals surface area contributed by atoms with E-state index in [0.29, 0.717) is 0 Å². The van der Waals surface area contributed by atoms with Crippen LogP contribution in [-0.2, 0) is 12.8 Å². The first-order valence-electron chi connectivity index (χ1n) is 8.23. The molecule has 122 valence electrons. The van der Waals surface area contributed by atoms with E-state index >= 15 is 0 Å². The number of anilines is 2. The van der Waals surface area contributed by atoms with Crippen LogP contribution in [0.1, 0.15) is 29.1 Å². The molecule has 1 aliphatic carbocycles. The van der Waals surface area contributed by atoms with Gasteiger partial charge in [-0.1, -0.05) is 30.0 Å². The number of aryl methyl sites for hydroxylation is 3. The van der Waals surface area contributed by atoms with Crippen LogP contribution in [0.3, 0.4) is 0 Å². The normalized spacial score (nSPS) is 13.5. The van der Waals surface area contributed by atoms with Gasteiger partial charge in [-0.25, -0.2) is 9.97 Å². The summed E-state index contributed by atoms with van der Waals surface area (Å²) in [5.41, 5.74) is 2.29. The lowest BCUT2D eigenvalue weighted by atomic mass is 10.0. The van der Waals surface area contributed by atoms with Gasteiger partial charge in [0, 0.05) is 20.4 Å². The monoisotopic (exact) mass is 353 g/mol. The van der Waals surface area contributed by atoms with Crippen molar-refractivity contribution >= 4 is 34.0 Å². The number of hydrogen-bond acceptors (Lipinski definition) is 5. The highest BCUT2D eigenvalue weighted by atomic mass is 32.2. The molecule has 0 saturated heterocycles. The molecule has 3 aromatic rings. The quantitative estimate of drug-likeness (QED) is 0.660. The molecule has 1 N–H and O–H groups in total. The first-order valence-corrected chi connectivity index (χ1v) is 9.87. The lowest BCUT2D eigenvalue weighted by molar-refractivity contribution is 0.683. The van der Waals surface area contributed by atoms with E-state index < -0.39 is 0 Å². The van der Waals surface area contributed by atoms with Crippen molar-refractivity contribution in [2.45, 2.75) is 42.4 Å². The molecule has 0 amide bonds. The Hall–Kier alpha value is -1.85. The molecule has 3 nitrogen and oxygen atoms in total. The van der Waals surface area contributed by atoms with E-state index in [-0.39, 0.29) is 0 Å². The van der Waals surface area contributed by atoms with E-state index in [1.54, 1.807) is 23.1 Å². The summed E-state index contributed by atoms with van der Waals surface area (Å²) >= 11 is 3.53. The van der Waals surface area contributed by atoms with Crippen LogP contribution in [0.4, 0.5) is 10.9 Å². The number of aromatic nitrogens is 2. The van der Waals surface area contributed by atoms with Gasteiger partial charge in [-0.15, -0.1) is 11.3 Å². The second kappa shape index (κ2) is 6.95. The summed E-state index contributed by atoms with van der Waals surface area (Å²) in [6.07, 6.45) is 4.83. The van der Waals surface area contributed by atoms with Gasteiger partial charge in [0.15, 0.2) is 5.13 Å². The molecule has 0 atom stereocenters. The Kier molecular flexibility index (Phi) is 4.54. The second-order valence-electron chi connectivity index (χ2n) is 5.97. The minimum absolute atomic E-state index is 0.875. The molecule has 1 aromatic carbocycles. The zero-order valence-corrected chi connectivity index (χ0v) is 15.2. The van der Waals surface area contributed by atoms with Crippen LogP contribution in [0.25, 0.3) is 0 Å². The van der Waals surface area contributed by atoms with Crippen LogP contribution in [0.5, 0.6) is 0 Å². The van der Waals surface area contributed by atoms with Crippen molar-refractivity contribution in [3.63, 3.8) is 0 Å². The standard InChI is InChI=1S/C19H19N3S2/c1-13-11-15(23-14-7-3-2-4-8-14)12-18(20-13)22-19-21-16-9-5-6-10-17(16)24-19/h2-4,7-8,11-12H,5-6,9-10H2,1H3,(H,20,21,22). The molecular weight excluding hydrogens is 334 g/mol. The van der Waals surface area contributed by atoms with Crippen molar-refractivity contribution < 1.29 is 0 Å². The van der Waals surface area contributed by atoms with E-state index in [0.717, 1.165) is 23.1 Å². The Bertz CT molecular complexity index is 820. The number of thiazole rings is 1. The Morgan fingerprint density at radius 1 is 1.00 bits per heavy atom. The number of nitrogens with zero attached hydrogens (tertiary/aromatic N) is 2. The van der Waals surface area contributed by atoms with Gasteiger partial charge in [0.2, 0.25) is 0 Å². The Labute approximate surface area is 150 Å². The van der Waals surface area contributed by atoms with Gasteiger partial charge in [0.05, 0.1) is 5.69 Å². The van der Waals surface area contributed by atoms with Crippen LogP contribution in [0.2, 0.25) is 0 Å². The molecule has 0 bridgehead atoms. The van der Waals surface area contributed by atoms with Crippen LogP contribution in [0, 0.1) is 6.92 Å². The molecule has 1 aliphatic rings. The van der Waals surface area contributed by atoms with Crippen LogP contribution >= 0.6 is 23.1 Å². The third kappa shape index (κ3) is 3.62. The van der Waals surface area contributed by atoms with Gasteiger partial charge in [-0.05, 0) is 56.9 Å². The number of fused-ring (bicyclic) bond motifs is 1. The highest BCUT2D eigenvalue weighted by Gasteiger charge is 2.15. The fourth-order valence-electron chi connectivity index (χ4n) is 2.90. The highest BCUT2D eigenvalue weighted by molar-refractivity contribution is 7.99. The predicted molar refractivity (Wildman–Crippen MR) is 102 cm³/mol. The molecular formula is C19H19N3S2. The van der Waals surface area contributed by atoms with E-state index in [1.807, 2.05) is 13.0 Å². The second-order valence-corrected chi connectivity index (χ2v) is 8.20. The van der Waals surface area contributed by atoms with E-state index in [2.05, 4.69) is 46.7 Å². The van der Waals surface area contributed by atoms with Gasteiger partial charge in [0.1, 0.15) is 5.82 Å². The highest BCUT2D eigenvalue weighted by Crippen LogP contribution is 2.33. The summed E-state index contributed by atoms with van der Waals surface area (Å²) in [7, 11) is 0. The van der Waals surface area contributed by atoms with Crippen LogP contribution in [-0.4, -0.2) is 9.97 Å². The molecule has 24 heavy (non-hydrogen) atoms. The van der Waals surface area contributed by atoms with Crippen molar-refractivity contribution in [3.8, 4) is 0 Å². The smallest absolute Gasteiger partial charge is 0.188 e. The summed E-state index contributed by atoms with van der Waals surface area (Å²) in [5.74, 6) is 0.875. The largest absolute Gasteiger partial charge is 0.316 e. The van der Waals surface area contributed by atoms with E-state index in [4.69, 9.17) is 4.98 Å². The maximum atomic E-state index is 4.75. The minimum Gasteiger partial charge on any atom is -0.316 e. The lowest BCUT2D eigenvalue weighted by Crippen LogP contribution is -1.99. The zero-order valence-electron chi connectivity index (χ0n) is 13.6. The van der Waals surface area contributed by atoms with Crippen molar-refractivity contribution in [2.75, 3.05) is 5.32 Å². The number of rotatable bonds is 4. The number of nitrogens with one attached hydrogen (secondary N) is 1. The van der Waals surface area contributed by atoms with Crippen molar-refractivity contribution in [2.24, 2.45) is 0 Å². The van der Waals surface area contributed by atoms with Crippen molar-refractivity contribution in [1.29, 1.82) is 0 Å². The zero-order chi connectivity index (χ0) is 16.4. The summed E-state index contributed by atoms with van der Waals surface area (Å²) in [4.78, 5) is 13.2. The molecule has 2 aromatic heterocycles. The number of benzene rings is 1. The number of pyridine rings is 1. The molecule has 0 aliphatic heterocycles. The first kappa shape index (κ1) is 15.7. The summed E-state index contributed by atoms with van der Waals surface area (Å²) < 4.78 is 0. The predicted octanol–water partition coefficient (Wildman–Crippen LogP) is 5.62. The Morgan fingerprint density at radius 3 is 2.67 bits per heavy atom. The maximum absolute atomic E-state index is 4.75. The van der Waals surface area contributed by atoms with Gasteiger partial charge < -0.3 is 5.32 Å². The van der Waals surface area contributed by atoms with Crippen LogP contribution < -0.4 is 5.32 Å². The average Bonchev–Trinajstić information content (AvgIpc) is 2.97. The maximum Gasteiger partial charge on any atom is 0.188 e. The fourth-order valence-corrected chi connectivity index (χ4v) is 4.92. The summed E-state index contributed by atoms with van der Waals surface area (Å²) in [5, 5.41) is 4.38. The molecule has 2 heterocycles. The molecule has 0 unspecified atom stereocenters. The summed E-state index contributed by atoms with van der Waals surface area (Å²) in [6, 6.07) is 14.6. The van der Waals surface area contributed by atoms with E-state index in [1.165, 1.54) is 39.6 Å². The molecule has 0 spiro atoms. The Balaban J connectivity index is 1.56. The fraction of sp³-hybridized carbons (Fsp3) is 0.263.